The van der Waals surface area contributed by atoms with Crippen molar-refractivity contribution in [1.29, 1.82) is 0 Å². The number of allylic oxidation sites excluding steroid dienone is 1. The number of aryl methyl sites for hydroxylation is 1. The second-order valence-electron chi connectivity index (χ2n) is 2.94. The van der Waals surface area contributed by atoms with Crippen molar-refractivity contribution in [3.05, 3.63) is 31.4 Å². The van der Waals surface area contributed by atoms with Gasteiger partial charge in [-0.2, -0.15) is 0 Å². The maximum atomic E-state index is 3.98. The first-order valence-corrected chi connectivity index (χ1v) is 4.50. The monoisotopic (exact) mass is 200 g/mol. The Morgan fingerprint density at radius 3 is 2.77 bits per heavy atom. The SMILES string of the molecule is C=CCCCCCn1ccnc1.Cl. The van der Waals surface area contributed by atoms with E-state index in [0.29, 0.717) is 0 Å². The van der Waals surface area contributed by atoms with Crippen LogP contribution in [0.2, 0.25) is 0 Å². The average Bonchev–Trinajstić information content (AvgIpc) is 2.57. The van der Waals surface area contributed by atoms with Gasteiger partial charge in [-0.05, 0) is 19.3 Å². The average molecular weight is 201 g/mol. The van der Waals surface area contributed by atoms with Gasteiger partial charge in [0.05, 0.1) is 6.33 Å². The third-order valence-corrected chi connectivity index (χ3v) is 1.88. The normalized spacial score (nSPS) is 9.23. The highest BCUT2D eigenvalue weighted by Gasteiger charge is 1.89. The first-order valence-electron chi connectivity index (χ1n) is 4.50. The fourth-order valence-electron chi connectivity index (χ4n) is 1.18. The molecule has 13 heavy (non-hydrogen) atoms. The fourth-order valence-corrected chi connectivity index (χ4v) is 1.18. The van der Waals surface area contributed by atoms with Crippen LogP contribution in [-0.4, -0.2) is 9.55 Å². The molecule has 1 rings (SSSR count). The van der Waals surface area contributed by atoms with Crippen LogP contribution in [0.3, 0.4) is 0 Å². The number of rotatable bonds is 6. The van der Waals surface area contributed by atoms with Crippen LogP contribution in [0.15, 0.2) is 31.4 Å². The standard InChI is InChI=1S/C10H16N2.ClH/c1-2-3-4-5-6-8-12-9-7-11-10-12;/h2,7,9-10H,1,3-6,8H2;1H. The van der Waals surface area contributed by atoms with E-state index >= 15 is 0 Å². The maximum absolute atomic E-state index is 3.98. The second-order valence-corrected chi connectivity index (χ2v) is 2.94. The molecule has 0 unspecified atom stereocenters. The van der Waals surface area contributed by atoms with E-state index in [2.05, 4.69) is 16.1 Å². The molecule has 0 aliphatic carbocycles. The summed E-state index contributed by atoms with van der Waals surface area (Å²) in [6.45, 7) is 4.79. The van der Waals surface area contributed by atoms with Gasteiger partial charge < -0.3 is 4.57 Å². The number of imidazole rings is 1. The summed E-state index contributed by atoms with van der Waals surface area (Å²) in [5, 5.41) is 0. The molecule has 1 aromatic rings. The van der Waals surface area contributed by atoms with Gasteiger partial charge in [0.2, 0.25) is 0 Å². The third kappa shape index (κ3) is 5.47. The number of aromatic nitrogens is 2. The van der Waals surface area contributed by atoms with Gasteiger partial charge in [0.1, 0.15) is 0 Å². The zero-order valence-electron chi connectivity index (χ0n) is 7.85. The lowest BCUT2D eigenvalue weighted by molar-refractivity contribution is 0.590. The Bertz CT molecular complexity index is 207. The van der Waals surface area contributed by atoms with Crippen LogP contribution in [0, 0.1) is 0 Å². The summed E-state index contributed by atoms with van der Waals surface area (Å²) in [6.07, 6.45) is 12.6. The summed E-state index contributed by atoms with van der Waals surface area (Å²) < 4.78 is 2.12. The molecule has 0 radical (unpaired) electrons. The van der Waals surface area contributed by atoms with Crippen LogP contribution in [0.1, 0.15) is 25.7 Å². The van der Waals surface area contributed by atoms with Crippen molar-refractivity contribution >= 4 is 12.4 Å². The van der Waals surface area contributed by atoms with Gasteiger partial charge in [0, 0.05) is 18.9 Å². The van der Waals surface area contributed by atoms with E-state index in [1.165, 1.54) is 19.3 Å². The lowest BCUT2D eigenvalue weighted by Gasteiger charge is -2.00. The van der Waals surface area contributed by atoms with Gasteiger partial charge in [0.25, 0.3) is 0 Å². The second kappa shape index (κ2) is 7.87. The molecule has 2 nitrogen and oxygen atoms in total. The van der Waals surface area contributed by atoms with E-state index in [1.807, 2.05) is 24.8 Å². The lowest BCUT2D eigenvalue weighted by Crippen LogP contribution is -1.93. The summed E-state index contributed by atoms with van der Waals surface area (Å²) in [5.74, 6) is 0. The minimum absolute atomic E-state index is 0. The summed E-state index contributed by atoms with van der Waals surface area (Å²) in [6, 6.07) is 0. The molecule has 0 aromatic carbocycles. The highest BCUT2D eigenvalue weighted by Crippen LogP contribution is 2.01. The van der Waals surface area contributed by atoms with Crippen LogP contribution in [-0.2, 0) is 6.54 Å². The molecule has 0 spiro atoms. The Balaban J connectivity index is 0.00000144. The Morgan fingerprint density at radius 2 is 2.15 bits per heavy atom. The molecule has 0 aliphatic heterocycles. The van der Waals surface area contributed by atoms with E-state index in [4.69, 9.17) is 0 Å². The molecule has 0 bridgehead atoms. The van der Waals surface area contributed by atoms with E-state index in [0.717, 1.165) is 13.0 Å². The van der Waals surface area contributed by atoms with Crippen molar-refractivity contribution in [2.45, 2.75) is 32.2 Å². The quantitative estimate of drug-likeness (QED) is 0.510. The minimum atomic E-state index is 0. The molecule has 0 N–H and O–H groups in total. The number of halogens is 1. The number of nitrogens with zero attached hydrogens (tertiary/aromatic N) is 2. The first-order chi connectivity index (χ1) is 5.93. The summed E-state index contributed by atoms with van der Waals surface area (Å²) in [5.41, 5.74) is 0. The Kier molecular flexibility index (Phi) is 7.41. The Hall–Kier alpha value is -0.760. The molecule has 74 valence electrons. The van der Waals surface area contributed by atoms with Crippen LogP contribution >= 0.6 is 12.4 Å². The van der Waals surface area contributed by atoms with Gasteiger partial charge in [-0.1, -0.05) is 12.5 Å². The largest absolute Gasteiger partial charge is 0.337 e. The third-order valence-electron chi connectivity index (χ3n) is 1.88. The zero-order valence-corrected chi connectivity index (χ0v) is 8.67. The van der Waals surface area contributed by atoms with Crippen LogP contribution in [0.25, 0.3) is 0 Å². The van der Waals surface area contributed by atoms with Crippen molar-refractivity contribution in [3.63, 3.8) is 0 Å². The number of hydrogen-bond donors (Lipinski definition) is 0. The zero-order chi connectivity index (χ0) is 8.65. The first kappa shape index (κ1) is 12.2. The van der Waals surface area contributed by atoms with Gasteiger partial charge in [0.15, 0.2) is 0 Å². The van der Waals surface area contributed by atoms with E-state index in [9.17, 15) is 0 Å². The van der Waals surface area contributed by atoms with Gasteiger partial charge in [-0.3, -0.25) is 0 Å². The van der Waals surface area contributed by atoms with E-state index in [1.54, 1.807) is 0 Å². The predicted molar refractivity (Wildman–Crippen MR) is 58.1 cm³/mol. The molecule has 0 aliphatic rings. The van der Waals surface area contributed by atoms with Crippen LogP contribution < -0.4 is 0 Å². The van der Waals surface area contributed by atoms with Gasteiger partial charge in [-0.25, -0.2) is 4.98 Å². The maximum Gasteiger partial charge on any atom is 0.0945 e. The predicted octanol–water partition coefficient (Wildman–Crippen LogP) is 3.05. The molecule has 3 heteroatoms. The molecule has 1 heterocycles. The van der Waals surface area contributed by atoms with Gasteiger partial charge >= 0.3 is 0 Å². The van der Waals surface area contributed by atoms with Crippen LogP contribution in [0.4, 0.5) is 0 Å². The summed E-state index contributed by atoms with van der Waals surface area (Å²) >= 11 is 0. The minimum Gasteiger partial charge on any atom is -0.337 e. The van der Waals surface area contributed by atoms with Crippen molar-refractivity contribution in [2.75, 3.05) is 0 Å². The van der Waals surface area contributed by atoms with Crippen LogP contribution in [0.5, 0.6) is 0 Å². The summed E-state index contributed by atoms with van der Waals surface area (Å²) in [4.78, 5) is 3.98. The molecular formula is C10H17ClN2. The Labute approximate surface area is 86.1 Å². The molecule has 0 saturated heterocycles. The molecular weight excluding hydrogens is 184 g/mol. The lowest BCUT2D eigenvalue weighted by atomic mass is 10.2. The molecule has 0 fully saturated rings. The smallest absolute Gasteiger partial charge is 0.0945 e. The topological polar surface area (TPSA) is 17.8 Å². The van der Waals surface area contributed by atoms with Crippen molar-refractivity contribution in [2.24, 2.45) is 0 Å². The molecule has 1 aromatic heterocycles. The van der Waals surface area contributed by atoms with E-state index < -0.39 is 0 Å². The van der Waals surface area contributed by atoms with Crippen molar-refractivity contribution in [1.82, 2.24) is 9.55 Å². The molecule has 0 saturated carbocycles. The number of hydrogen-bond acceptors (Lipinski definition) is 1. The summed E-state index contributed by atoms with van der Waals surface area (Å²) in [7, 11) is 0. The molecule has 0 atom stereocenters. The van der Waals surface area contributed by atoms with Crippen molar-refractivity contribution < 1.29 is 0 Å². The highest BCUT2D eigenvalue weighted by atomic mass is 35.5. The van der Waals surface area contributed by atoms with Crippen molar-refractivity contribution in [3.8, 4) is 0 Å². The highest BCUT2D eigenvalue weighted by molar-refractivity contribution is 5.85. The van der Waals surface area contributed by atoms with E-state index in [-0.39, 0.29) is 12.4 Å². The Morgan fingerprint density at radius 1 is 1.31 bits per heavy atom. The fraction of sp³-hybridized carbons (Fsp3) is 0.500. The number of unbranched alkanes of at least 4 members (excludes halogenated alkanes) is 3. The molecule has 0 amide bonds. The van der Waals surface area contributed by atoms with Gasteiger partial charge in [-0.15, -0.1) is 19.0 Å².